The Morgan fingerprint density at radius 3 is 2.85 bits per heavy atom. The number of benzene rings is 1. The second kappa shape index (κ2) is 4.44. The number of hydrogen-bond acceptors (Lipinski definition) is 2. The maximum absolute atomic E-state index is 12.9. The van der Waals surface area contributed by atoms with Gasteiger partial charge >= 0.3 is 0 Å². The van der Waals surface area contributed by atoms with E-state index in [1.165, 1.54) is 12.1 Å². The molecule has 4 heteroatoms. The lowest BCUT2D eigenvalue weighted by atomic mass is 10.3. The predicted octanol–water partition coefficient (Wildman–Crippen LogP) is 2.27. The van der Waals surface area contributed by atoms with Crippen molar-refractivity contribution in [2.45, 2.75) is 13.0 Å². The lowest BCUT2D eigenvalue weighted by Crippen LogP contribution is -2.15. The van der Waals surface area contributed by atoms with Gasteiger partial charge in [-0.15, -0.1) is 0 Å². The highest BCUT2D eigenvalue weighted by atomic mass is 35.5. The second-order valence-electron chi connectivity index (χ2n) is 2.86. The highest BCUT2D eigenvalue weighted by Crippen LogP contribution is 2.18. The molecule has 2 nitrogen and oxygen atoms in total. The molecule has 1 rings (SSSR count). The molecule has 13 heavy (non-hydrogen) atoms. The molecule has 2 N–H and O–H groups in total. The van der Waals surface area contributed by atoms with Gasteiger partial charge in [0, 0.05) is 12.2 Å². The minimum atomic E-state index is -0.461. The van der Waals surface area contributed by atoms with Crippen molar-refractivity contribution in [2.24, 2.45) is 0 Å². The van der Waals surface area contributed by atoms with Gasteiger partial charge in [-0.2, -0.15) is 0 Å². The summed E-state index contributed by atoms with van der Waals surface area (Å²) in [5.74, 6) is -0.461. The van der Waals surface area contributed by atoms with E-state index in [1.807, 2.05) is 0 Å². The molecule has 1 aromatic rings. The van der Waals surface area contributed by atoms with Crippen LogP contribution in [0.1, 0.15) is 6.92 Å². The van der Waals surface area contributed by atoms with Crippen molar-refractivity contribution >= 4 is 17.3 Å². The van der Waals surface area contributed by atoms with Crippen LogP contribution in [0.15, 0.2) is 18.2 Å². The van der Waals surface area contributed by atoms with Crippen LogP contribution in [0.25, 0.3) is 0 Å². The summed E-state index contributed by atoms with van der Waals surface area (Å²) in [6, 6.07) is 4.43. The molecule has 1 aromatic carbocycles. The fourth-order valence-corrected chi connectivity index (χ4v) is 0.989. The first-order chi connectivity index (χ1) is 6.09. The fourth-order valence-electron chi connectivity index (χ4n) is 0.872. The number of anilines is 1. The zero-order valence-corrected chi connectivity index (χ0v) is 7.98. The lowest BCUT2D eigenvalue weighted by molar-refractivity contribution is 0.208. The molecule has 0 radical (unpaired) electrons. The topological polar surface area (TPSA) is 32.3 Å². The Bertz CT molecular complexity index is 291. The first-order valence-electron chi connectivity index (χ1n) is 3.96. The summed E-state index contributed by atoms with van der Waals surface area (Å²) in [5, 5.41) is 11.9. The zero-order valence-electron chi connectivity index (χ0n) is 7.22. The number of aliphatic hydroxyl groups is 1. The van der Waals surface area contributed by atoms with E-state index in [9.17, 15) is 4.39 Å². The summed E-state index contributed by atoms with van der Waals surface area (Å²) < 4.78 is 12.9. The van der Waals surface area contributed by atoms with Gasteiger partial charge in [-0.3, -0.25) is 0 Å². The van der Waals surface area contributed by atoms with Crippen LogP contribution in [-0.4, -0.2) is 17.8 Å². The number of rotatable bonds is 3. The van der Waals surface area contributed by atoms with Crippen molar-refractivity contribution in [3.05, 3.63) is 29.0 Å². The van der Waals surface area contributed by atoms with E-state index >= 15 is 0 Å². The normalized spacial score (nSPS) is 12.6. The summed E-state index contributed by atoms with van der Waals surface area (Å²) in [6.07, 6.45) is -0.460. The van der Waals surface area contributed by atoms with Crippen LogP contribution >= 0.6 is 11.6 Å². The maximum Gasteiger partial charge on any atom is 0.143 e. The molecule has 0 saturated heterocycles. The molecule has 0 aliphatic heterocycles. The predicted molar refractivity (Wildman–Crippen MR) is 51.6 cm³/mol. The van der Waals surface area contributed by atoms with E-state index in [0.29, 0.717) is 12.2 Å². The Balaban J connectivity index is 2.63. The molecule has 0 aromatic heterocycles. The van der Waals surface area contributed by atoms with E-state index in [-0.39, 0.29) is 5.02 Å². The summed E-state index contributed by atoms with van der Waals surface area (Å²) in [7, 11) is 0. The van der Waals surface area contributed by atoms with Crippen molar-refractivity contribution in [1.82, 2.24) is 0 Å². The summed E-state index contributed by atoms with van der Waals surface area (Å²) in [6.45, 7) is 2.04. The van der Waals surface area contributed by atoms with Crippen molar-refractivity contribution in [2.75, 3.05) is 11.9 Å². The van der Waals surface area contributed by atoms with Gasteiger partial charge in [0.05, 0.1) is 11.1 Å². The molecular weight excluding hydrogens is 193 g/mol. The summed E-state index contributed by atoms with van der Waals surface area (Å²) in [4.78, 5) is 0. The molecule has 0 fully saturated rings. The largest absolute Gasteiger partial charge is 0.392 e. The SMILES string of the molecule is CC(O)CNc1ccc(Cl)c(F)c1. The van der Waals surface area contributed by atoms with Gasteiger partial charge < -0.3 is 10.4 Å². The van der Waals surface area contributed by atoms with Crippen molar-refractivity contribution < 1.29 is 9.50 Å². The van der Waals surface area contributed by atoms with E-state index < -0.39 is 11.9 Å². The van der Waals surface area contributed by atoms with Gasteiger partial charge in [0.2, 0.25) is 0 Å². The fraction of sp³-hybridized carbons (Fsp3) is 0.333. The monoisotopic (exact) mass is 203 g/mol. The molecule has 0 aliphatic carbocycles. The number of nitrogens with one attached hydrogen (secondary N) is 1. The maximum atomic E-state index is 12.9. The third-order valence-electron chi connectivity index (χ3n) is 1.52. The van der Waals surface area contributed by atoms with Crippen LogP contribution in [0.5, 0.6) is 0 Å². The second-order valence-corrected chi connectivity index (χ2v) is 3.27. The molecule has 0 spiro atoms. The van der Waals surface area contributed by atoms with Gasteiger partial charge in [-0.1, -0.05) is 11.6 Å². The minimum absolute atomic E-state index is 0.0996. The van der Waals surface area contributed by atoms with Crippen molar-refractivity contribution in [3.63, 3.8) is 0 Å². The van der Waals surface area contributed by atoms with Crippen LogP contribution in [-0.2, 0) is 0 Å². The van der Waals surface area contributed by atoms with E-state index in [2.05, 4.69) is 5.32 Å². The van der Waals surface area contributed by atoms with Crippen LogP contribution < -0.4 is 5.32 Å². The van der Waals surface area contributed by atoms with Crippen molar-refractivity contribution in [1.29, 1.82) is 0 Å². The Labute approximate surface area is 81.3 Å². The quantitative estimate of drug-likeness (QED) is 0.790. The molecule has 1 unspecified atom stereocenters. The smallest absolute Gasteiger partial charge is 0.143 e. The first kappa shape index (κ1) is 10.3. The van der Waals surface area contributed by atoms with Gasteiger partial charge in [0.1, 0.15) is 5.82 Å². The molecule has 0 aliphatic rings. The minimum Gasteiger partial charge on any atom is -0.392 e. The van der Waals surface area contributed by atoms with Gasteiger partial charge in [0.15, 0.2) is 0 Å². The highest BCUT2D eigenvalue weighted by Gasteiger charge is 2.01. The molecule has 72 valence electrons. The summed E-state index contributed by atoms with van der Waals surface area (Å²) in [5.41, 5.74) is 0.614. The Kier molecular flexibility index (Phi) is 3.51. The Morgan fingerprint density at radius 1 is 1.62 bits per heavy atom. The molecule has 0 bridgehead atoms. The van der Waals surface area contributed by atoms with Crippen LogP contribution in [0.3, 0.4) is 0 Å². The molecule has 0 saturated carbocycles. The standard InChI is InChI=1S/C9H11ClFNO/c1-6(13)5-12-7-2-3-8(10)9(11)4-7/h2-4,6,12-13H,5H2,1H3. The Hall–Kier alpha value is -0.800. The number of hydrogen-bond donors (Lipinski definition) is 2. The van der Waals surface area contributed by atoms with Gasteiger partial charge in [-0.05, 0) is 25.1 Å². The third-order valence-corrected chi connectivity index (χ3v) is 1.83. The molecule has 1 atom stereocenters. The number of halogens is 2. The molecular formula is C9H11ClFNO. The summed E-state index contributed by atoms with van der Waals surface area (Å²) >= 11 is 5.49. The lowest BCUT2D eigenvalue weighted by Gasteiger charge is -2.08. The van der Waals surface area contributed by atoms with Crippen LogP contribution in [0.4, 0.5) is 10.1 Å². The van der Waals surface area contributed by atoms with E-state index in [1.54, 1.807) is 13.0 Å². The zero-order chi connectivity index (χ0) is 9.84. The number of aliphatic hydroxyl groups excluding tert-OH is 1. The van der Waals surface area contributed by atoms with Gasteiger partial charge in [-0.25, -0.2) is 4.39 Å². The molecule has 0 heterocycles. The van der Waals surface area contributed by atoms with E-state index in [4.69, 9.17) is 16.7 Å². The average molecular weight is 204 g/mol. The average Bonchev–Trinajstić information content (AvgIpc) is 2.07. The highest BCUT2D eigenvalue weighted by molar-refractivity contribution is 6.30. The van der Waals surface area contributed by atoms with Crippen LogP contribution in [0, 0.1) is 5.82 Å². The Morgan fingerprint density at radius 2 is 2.31 bits per heavy atom. The molecule has 0 amide bonds. The van der Waals surface area contributed by atoms with Crippen LogP contribution in [0.2, 0.25) is 5.02 Å². The van der Waals surface area contributed by atoms with E-state index in [0.717, 1.165) is 0 Å². The van der Waals surface area contributed by atoms with Crippen molar-refractivity contribution in [3.8, 4) is 0 Å². The third kappa shape index (κ3) is 3.20. The first-order valence-corrected chi connectivity index (χ1v) is 4.34. The van der Waals surface area contributed by atoms with Gasteiger partial charge in [0.25, 0.3) is 0 Å².